The van der Waals surface area contributed by atoms with E-state index in [9.17, 15) is 4.79 Å². The summed E-state index contributed by atoms with van der Waals surface area (Å²) in [5.74, 6) is 0.735. The van der Waals surface area contributed by atoms with E-state index in [1.807, 2.05) is 31.2 Å². The Morgan fingerprint density at radius 3 is 2.79 bits per heavy atom. The summed E-state index contributed by atoms with van der Waals surface area (Å²) < 4.78 is 12.4. The highest BCUT2D eigenvalue weighted by Gasteiger charge is 2.28. The van der Waals surface area contributed by atoms with E-state index in [1.54, 1.807) is 19.1 Å². The first-order valence-corrected chi connectivity index (χ1v) is 7.33. The van der Waals surface area contributed by atoms with Crippen molar-refractivity contribution in [3.63, 3.8) is 0 Å². The minimum absolute atomic E-state index is 0.0872. The van der Waals surface area contributed by atoms with Crippen molar-refractivity contribution in [1.29, 1.82) is 0 Å². The van der Waals surface area contributed by atoms with Crippen molar-refractivity contribution >= 4 is 23.6 Å². The summed E-state index contributed by atoms with van der Waals surface area (Å²) in [6.07, 6.45) is 1.89. The molecule has 0 aliphatic carbocycles. The SMILES string of the molecule is CCOC(=O)C1CCCN(c2ccc(OC)cc2)S1. The van der Waals surface area contributed by atoms with E-state index in [0.717, 1.165) is 30.8 Å². The molecule has 0 spiro atoms. The molecule has 2 rings (SSSR count). The predicted molar refractivity (Wildman–Crippen MR) is 77.6 cm³/mol. The fourth-order valence-electron chi connectivity index (χ4n) is 2.01. The second kappa shape index (κ2) is 6.70. The molecule has 1 aliphatic rings. The Bertz CT molecular complexity index is 421. The molecule has 0 N–H and O–H groups in total. The van der Waals surface area contributed by atoms with E-state index in [2.05, 4.69) is 4.31 Å². The largest absolute Gasteiger partial charge is 0.497 e. The molecule has 0 radical (unpaired) electrons. The lowest BCUT2D eigenvalue weighted by molar-refractivity contribution is -0.142. The van der Waals surface area contributed by atoms with Crippen LogP contribution in [0.2, 0.25) is 0 Å². The molecule has 1 unspecified atom stereocenters. The van der Waals surface area contributed by atoms with Crippen LogP contribution < -0.4 is 9.04 Å². The summed E-state index contributed by atoms with van der Waals surface area (Å²) in [6.45, 7) is 3.23. The highest BCUT2D eigenvalue weighted by molar-refractivity contribution is 8.02. The third kappa shape index (κ3) is 3.56. The summed E-state index contributed by atoms with van der Waals surface area (Å²) in [5, 5.41) is -0.0872. The summed E-state index contributed by atoms with van der Waals surface area (Å²) in [5.41, 5.74) is 1.10. The number of benzene rings is 1. The Hall–Kier alpha value is -1.36. The maximum atomic E-state index is 11.8. The number of hydrogen-bond acceptors (Lipinski definition) is 5. The molecule has 104 valence electrons. The molecule has 5 heteroatoms. The van der Waals surface area contributed by atoms with Crippen LogP contribution in [0.4, 0.5) is 5.69 Å². The number of nitrogens with zero attached hydrogens (tertiary/aromatic N) is 1. The van der Waals surface area contributed by atoms with Gasteiger partial charge in [0.1, 0.15) is 11.0 Å². The van der Waals surface area contributed by atoms with E-state index in [1.165, 1.54) is 0 Å². The van der Waals surface area contributed by atoms with Crippen molar-refractivity contribution in [2.24, 2.45) is 0 Å². The smallest absolute Gasteiger partial charge is 0.320 e. The first-order valence-electron chi connectivity index (χ1n) is 6.49. The van der Waals surface area contributed by atoms with Crippen molar-refractivity contribution < 1.29 is 14.3 Å². The van der Waals surface area contributed by atoms with Crippen molar-refractivity contribution in [2.45, 2.75) is 25.0 Å². The van der Waals surface area contributed by atoms with Crippen LogP contribution in [0.5, 0.6) is 5.75 Å². The number of rotatable bonds is 4. The van der Waals surface area contributed by atoms with Gasteiger partial charge in [0, 0.05) is 12.2 Å². The van der Waals surface area contributed by atoms with Gasteiger partial charge in [0.25, 0.3) is 0 Å². The van der Waals surface area contributed by atoms with Crippen LogP contribution in [0, 0.1) is 0 Å². The summed E-state index contributed by atoms with van der Waals surface area (Å²) in [7, 11) is 1.65. The quantitative estimate of drug-likeness (QED) is 0.627. The average molecular weight is 281 g/mol. The van der Waals surface area contributed by atoms with Gasteiger partial charge in [0.15, 0.2) is 0 Å². The fraction of sp³-hybridized carbons (Fsp3) is 0.500. The van der Waals surface area contributed by atoms with Crippen molar-refractivity contribution in [2.75, 3.05) is 24.6 Å². The molecule has 1 aromatic carbocycles. The summed E-state index contributed by atoms with van der Waals surface area (Å²) >= 11 is 1.56. The molecule has 1 heterocycles. The molecule has 0 amide bonds. The van der Waals surface area contributed by atoms with Crippen molar-refractivity contribution in [1.82, 2.24) is 0 Å². The molecule has 1 atom stereocenters. The van der Waals surface area contributed by atoms with Gasteiger partial charge in [-0.05, 0) is 56.0 Å². The lowest BCUT2D eigenvalue weighted by atomic mass is 10.2. The molecule has 19 heavy (non-hydrogen) atoms. The number of esters is 1. The maximum Gasteiger partial charge on any atom is 0.320 e. The first kappa shape index (κ1) is 14.1. The zero-order chi connectivity index (χ0) is 13.7. The third-order valence-electron chi connectivity index (χ3n) is 2.99. The van der Waals surface area contributed by atoms with Gasteiger partial charge in [0.2, 0.25) is 0 Å². The van der Waals surface area contributed by atoms with Gasteiger partial charge in [-0.3, -0.25) is 4.79 Å². The second-order valence-corrected chi connectivity index (χ2v) is 5.51. The molecule has 1 aliphatic heterocycles. The summed E-state index contributed by atoms with van der Waals surface area (Å²) in [6, 6.07) is 7.90. The predicted octanol–water partition coefficient (Wildman–Crippen LogP) is 2.88. The lowest BCUT2D eigenvalue weighted by Gasteiger charge is -2.31. The number of ether oxygens (including phenoxy) is 2. The standard InChI is InChI=1S/C14H19NO3S/c1-3-18-14(16)13-5-4-10-15(19-13)11-6-8-12(17-2)9-7-11/h6-9,13H,3-5,10H2,1-2H3. The molecule has 0 saturated carbocycles. The lowest BCUT2D eigenvalue weighted by Crippen LogP contribution is -2.32. The Balaban J connectivity index is 2.01. The normalized spacial score (nSPS) is 19.1. The fourth-order valence-corrected chi connectivity index (χ4v) is 3.23. The minimum Gasteiger partial charge on any atom is -0.497 e. The van der Waals surface area contributed by atoms with Gasteiger partial charge in [0.05, 0.1) is 13.7 Å². The van der Waals surface area contributed by atoms with Crippen LogP contribution in [0.1, 0.15) is 19.8 Å². The molecule has 4 nitrogen and oxygen atoms in total. The van der Waals surface area contributed by atoms with E-state index >= 15 is 0 Å². The Morgan fingerprint density at radius 2 is 2.16 bits per heavy atom. The highest BCUT2D eigenvalue weighted by Crippen LogP contribution is 2.33. The van der Waals surface area contributed by atoms with E-state index in [0.29, 0.717) is 6.61 Å². The van der Waals surface area contributed by atoms with Gasteiger partial charge in [-0.15, -0.1) is 0 Å². The van der Waals surface area contributed by atoms with Crippen molar-refractivity contribution in [3.8, 4) is 5.75 Å². The molecule has 0 aromatic heterocycles. The Morgan fingerprint density at radius 1 is 1.42 bits per heavy atom. The van der Waals surface area contributed by atoms with Crippen LogP contribution in [0.3, 0.4) is 0 Å². The van der Waals surface area contributed by atoms with Crippen LogP contribution in [0.15, 0.2) is 24.3 Å². The van der Waals surface area contributed by atoms with Gasteiger partial charge in [-0.1, -0.05) is 0 Å². The molecular weight excluding hydrogens is 262 g/mol. The van der Waals surface area contributed by atoms with E-state index < -0.39 is 0 Å². The van der Waals surface area contributed by atoms with Crippen LogP contribution in [-0.2, 0) is 9.53 Å². The van der Waals surface area contributed by atoms with Crippen molar-refractivity contribution in [3.05, 3.63) is 24.3 Å². The molecule has 0 bridgehead atoms. The summed E-state index contributed by atoms with van der Waals surface area (Å²) in [4.78, 5) is 11.8. The number of methoxy groups -OCH3 is 1. The number of anilines is 1. The van der Waals surface area contributed by atoms with Crippen LogP contribution >= 0.6 is 11.9 Å². The average Bonchev–Trinajstić information content (AvgIpc) is 2.48. The van der Waals surface area contributed by atoms with Crippen LogP contribution in [0.25, 0.3) is 0 Å². The third-order valence-corrected chi connectivity index (χ3v) is 4.32. The number of carbonyl (C=O) groups is 1. The molecular formula is C14H19NO3S. The van der Waals surface area contributed by atoms with Gasteiger partial charge in [-0.25, -0.2) is 0 Å². The minimum atomic E-state index is -0.106. The van der Waals surface area contributed by atoms with Gasteiger partial charge in [-0.2, -0.15) is 0 Å². The Labute approximate surface area is 118 Å². The number of carbonyl (C=O) groups excluding carboxylic acids is 1. The maximum absolute atomic E-state index is 11.8. The van der Waals surface area contributed by atoms with Crippen LogP contribution in [-0.4, -0.2) is 31.5 Å². The zero-order valence-electron chi connectivity index (χ0n) is 11.3. The first-order chi connectivity index (χ1) is 9.24. The van der Waals surface area contributed by atoms with Gasteiger partial charge >= 0.3 is 5.97 Å². The van der Waals surface area contributed by atoms with Gasteiger partial charge < -0.3 is 13.8 Å². The highest BCUT2D eigenvalue weighted by atomic mass is 32.2. The number of hydrogen-bond donors (Lipinski definition) is 0. The Kier molecular flexibility index (Phi) is 4.96. The molecule has 1 aromatic rings. The van der Waals surface area contributed by atoms with E-state index in [-0.39, 0.29) is 11.2 Å². The zero-order valence-corrected chi connectivity index (χ0v) is 12.1. The monoisotopic (exact) mass is 281 g/mol. The van der Waals surface area contributed by atoms with E-state index in [4.69, 9.17) is 9.47 Å². The second-order valence-electron chi connectivity index (χ2n) is 4.29. The molecule has 1 saturated heterocycles. The topological polar surface area (TPSA) is 38.8 Å². The molecule has 1 fully saturated rings.